The minimum atomic E-state index is -0.00107. The molecule has 1 heterocycles. The number of hydrogen-bond acceptors (Lipinski definition) is 4. The number of rotatable bonds is 6. The lowest BCUT2D eigenvalue weighted by Crippen LogP contribution is -2.37. The molecule has 2 aromatic carbocycles. The van der Waals surface area contributed by atoms with E-state index in [2.05, 4.69) is 5.16 Å². The lowest BCUT2D eigenvalue weighted by molar-refractivity contribution is -0.672. The Morgan fingerprint density at radius 1 is 1.00 bits per heavy atom. The van der Waals surface area contributed by atoms with Gasteiger partial charge in [0.2, 0.25) is 23.5 Å². The molecule has 1 aliphatic carbocycles. The Morgan fingerprint density at radius 3 is 2.50 bits per heavy atom. The number of fused-ring (bicyclic) bond motifs is 2. The monoisotopic (exact) mass is 376 g/mol. The molecule has 0 spiro atoms. The van der Waals surface area contributed by atoms with Crippen molar-refractivity contribution in [2.24, 2.45) is 19.3 Å². The van der Waals surface area contributed by atoms with Gasteiger partial charge in [-0.3, -0.25) is 4.79 Å². The van der Waals surface area contributed by atoms with Crippen LogP contribution < -0.4 is 4.57 Å². The highest BCUT2D eigenvalue weighted by Crippen LogP contribution is 2.25. The van der Waals surface area contributed by atoms with Crippen LogP contribution in [0.25, 0.3) is 0 Å². The van der Waals surface area contributed by atoms with E-state index in [0.717, 1.165) is 16.8 Å². The second kappa shape index (κ2) is 7.78. The van der Waals surface area contributed by atoms with Crippen molar-refractivity contribution in [2.45, 2.75) is 6.61 Å². The van der Waals surface area contributed by atoms with Crippen molar-refractivity contribution in [1.82, 2.24) is 4.57 Å². The molecule has 0 aliphatic heterocycles. The molecule has 1 aromatic heterocycles. The van der Waals surface area contributed by atoms with E-state index in [1.54, 1.807) is 0 Å². The number of benzene rings is 2. The molecule has 6 heteroatoms. The van der Waals surface area contributed by atoms with Crippen LogP contribution in [0.4, 0.5) is 0 Å². The maximum absolute atomic E-state index is 12.9. The van der Waals surface area contributed by atoms with Crippen LogP contribution in [0.5, 0.6) is 0 Å². The number of hydrogen-bond donors (Lipinski definition) is 0. The van der Waals surface area contributed by atoms with Gasteiger partial charge >= 0.3 is 0 Å². The fourth-order valence-electron chi connectivity index (χ4n) is 3.46. The van der Waals surface area contributed by atoms with Gasteiger partial charge in [0.05, 0.1) is 27.3 Å². The van der Waals surface area contributed by atoms with Crippen LogP contribution in [0.3, 0.4) is 0 Å². The molecule has 4 rings (SSSR count). The Hall–Kier alpha value is -3.25. The van der Waals surface area contributed by atoms with Gasteiger partial charge in [-0.25, -0.2) is 9.13 Å². The highest BCUT2D eigenvalue weighted by molar-refractivity contribution is 6.28. The lowest BCUT2D eigenvalue weighted by atomic mass is 9.89. The van der Waals surface area contributed by atoms with Crippen LogP contribution in [-0.4, -0.2) is 29.3 Å². The number of aryl methyl sites for hydroxylation is 2. The van der Waals surface area contributed by atoms with Crippen LogP contribution >= 0.6 is 0 Å². The van der Waals surface area contributed by atoms with Crippen LogP contribution in [-0.2, 0) is 30.3 Å². The zero-order valence-corrected chi connectivity index (χ0v) is 16.0. The van der Waals surface area contributed by atoms with E-state index < -0.39 is 0 Å². The SMILES string of the molecule is Cn1c[n+](C)c2c1C(=O)c1ccccc1/C2=N\OCCOCc1ccccc1. The maximum atomic E-state index is 12.9. The number of imidazole rings is 1. The molecule has 0 amide bonds. The Kier molecular flexibility index (Phi) is 5.04. The molecule has 0 saturated heterocycles. The average molecular weight is 376 g/mol. The van der Waals surface area contributed by atoms with Crippen molar-refractivity contribution in [2.75, 3.05) is 13.2 Å². The van der Waals surface area contributed by atoms with Gasteiger partial charge in [0.15, 0.2) is 5.71 Å². The van der Waals surface area contributed by atoms with E-state index >= 15 is 0 Å². The summed E-state index contributed by atoms with van der Waals surface area (Å²) in [7, 11) is 3.76. The van der Waals surface area contributed by atoms with Crippen molar-refractivity contribution >= 4 is 11.5 Å². The van der Waals surface area contributed by atoms with Crippen LogP contribution in [0.1, 0.15) is 32.9 Å². The fraction of sp³-hybridized carbons (Fsp3) is 0.227. The molecule has 6 nitrogen and oxygen atoms in total. The Morgan fingerprint density at radius 2 is 1.71 bits per heavy atom. The second-order valence-electron chi connectivity index (χ2n) is 6.72. The fourth-order valence-corrected chi connectivity index (χ4v) is 3.46. The summed E-state index contributed by atoms with van der Waals surface area (Å²) in [5, 5.41) is 4.37. The van der Waals surface area contributed by atoms with Crippen LogP contribution in [0, 0.1) is 0 Å². The molecule has 3 aromatic rings. The van der Waals surface area contributed by atoms with Gasteiger partial charge in [-0.2, -0.15) is 0 Å². The molecule has 1 aliphatic rings. The summed E-state index contributed by atoms with van der Waals surface area (Å²) in [6.45, 7) is 1.30. The summed E-state index contributed by atoms with van der Waals surface area (Å²) in [5.41, 5.74) is 4.58. The molecule has 0 N–H and O–H groups in total. The first-order valence-electron chi connectivity index (χ1n) is 9.18. The second-order valence-corrected chi connectivity index (χ2v) is 6.72. The van der Waals surface area contributed by atoms with E-state index in [1.807, 2.05) is 84.2 Å². The number of nitrogens with zero attached hydrogens (tertiary/aromatic N) is 3. The zero-order valence-electron chi connectivity index (χ0n) is 16.0. The molecule has 142 valence electrons. The first-order chi connectivity index (χ1) is 13.7. The normalized spacial score (nSPS) is 14.1. The summed E-state index contributed by atoms with van der Waals surface area (Å²) in [4.78, 5) is 18.4. The first-order valence-corrected chi connectivity index (χ1v) is 9.18. The predicted octanol–water partition coefficient (Wildman–Crippen LogP) is 2.38. The quantitative estimate of drug-likeness (QED) is 0.295. The minimum Gasteiger partial charge on any atom is -0.393 e. The van der Waals surface area contributed by atoms with Crippen molar-refractivity contribution < 1.29 is 18.9 Å². The number of ether oxygens (including phenoxy) is 1. The van der Waals surface area contributed by atoms with Gasteiger partial charge in [-0.15, -0.1) is 0 Å². The molecule has 0 fully saturated rings. The molecule has 0 radical (unpaired) electrons. The van der Waals surface area contributed by atoms with Crippen molar-refractivity contribution in [3.05, 3.63) is 89.0 Å². The summed E-state index contributed by atoms with van der Waals surface area (Å²) >= 11 is 0. The van der Waals surface area contributed by atoms with Gasteiger partial charge in [-0.05, 0) is 5.56 Å². The summed E-state index contributed by atoms with van der Waals surface area (Å²) in [6, 6.07) is 17.5. The Bertz CT molecular complexity index is 1040. The third-order valence-electron chi connectivity index (χ3n) is 4.73. The molecular formula is C22H22N3O3+. The van der Waals surface area contributed by atoms with E-state index in [4.69, 9.17) is 9.57 Å². The summed E-state index contributed by atoms with van der Waals surface area (Å²) in [5.74, 6) is -0.00107. The summed E-state index contributed by atoms with van der Waals surface area (Å²) in [6.07, 6.45) is 1.87. The van der Waals surface area contributed by atoms with Gasteiger partial charge in [0.25, 0.3) is 0 Å². The Labute approximate surface area is 163 Å². The van der Waals surface area contributed by atoms with E-state index in [-0.39, 0.29) is 5.78 Å². The topological polar surface area (TPSA) is 56.7 Å². The third kappa shape index (κ3) is 3.34. The largest absolute Gasteiger partial charge is 0.393 e. The van der Waals surface area contributed by atoms with E-state index in [0.29, 0.717) is 36.8 Å². The third-order valence-corrected chi connectivity index (χ3v) is 4.73. The predicted molar refractivity (Wildman–Crippen MR) is 104 cm³/mol. The van der Waals surface area contributed by atoms with Gasteiger partial charge in [0, 0.05) is 11.1 Å². The van der Waals surface area contributed by atoms with Crippen molar-refractivity contribution in [3.8, 4) is 0 Å². The van der Waals surface area contributed by atoms with Crippen molar-refractivity contribution in [3.63, 3.8) is 0 Å². The zero-order chi connectivity index (χ0) is 19.5. The van der Waals surface area contributed by atoms with E-state index in [9.17, 15) is 4.79 Å². The lowest BCUT2D eigenvalue weighted by Gasteiger charge is -2.15. The Balaban J connectivity index is 1.49. The molecule has 0 bridgehead atoms. The smallest absolute Gasteiger partial charge is 0.244 e. The molecule has 0 saturated carbocycles. The molecule has 0 unspecified atom stereocenters. The standard InChI is InChI=1S/C22H22N3O3/c1-24-15-25(2)21-20(24)19(17-10-6-7-11-18(17)22(21)26)23-28-13-12-27-14-16-8-4-3-5-9-16/h3-11,15H,12-14H2,1-2H3/q+1/b23-19+. The molecule has 28 heavy (non-hydrogen) atoms. The number of carbonyl (C=O) groups excluding carboxylic acids is 1. The first kappa shape index (κ1) is 18.1. The average Bonchev–Trinajstić information content (AvgIpc) is 3.02. The highest BCUT2D eigenvalue weighted by atomic mass is 16.6. The van der Waals surface area contributed by atoms with Gasteiger partial charge in [0.1, 0.15) is 6.61 Å². The number of ketones is 1. The number of carbonyl (C=O) groups is 1. The van der Waals surface area contributed by atoms with Crippen LogP contribution in [0.2, 0.25) is 0 Å². The minimum absolute atomic E-state index is 0.00107. The molecule has 0 atom stereocenters. The van der Waals surface area contributed by atoms with Gasteiger partial charge < -0.3 is 9.57 Å². The number of aromatic nitrogens is 2. The van der Waals surface area contributed by atoms with Gasteiger partial charge in [-0.1, -0.05) is 59.8 Å². The number of oxime groups is 1. The van der Waals surface area contributed by atoms with Crippen molar-refractivity contribution in [1.29, 1.82) is 0 Å². The maximum Gasteiger partial charge on any atom is 0.244 e. The molecular weight excluding hydrogens is 354 g/mol. The summed E-state index contributed by atoms with van der Waals surface area (Å²) < 4.78 is 9.36. The highest BCUT2D eigenvalue weighted by Gasteiger charge is 2.38. The van der Waals surface area contributed by atoms with Crippen LogP contribution in [0.15, 0.2) is 66.1 Å². The van der Waals surface area contributed by atoms with E-state index in [1.165, 1.54) is 0 Å².